The average Bonchev–Trinajstić information content (AvgIpc) is 3.35. The van der Waals surface area contributed by atoms with Crippen LogP contribution in [0.3, 0.4) is 0 Å². The van der Waals surface area contributed by atoms with Crippen molar-refractivity contribution in [1.82, 2.24) is 29.6 Å². The summed E-state index contributed by atoms with van der Waals surface area (Å²) in [6.07, 6.45) is 4.65. The molecule has 10 heteroatoms. The van der Waals surface area contributed by atoms with E-state index < -0.39 is 0 Å². The van der Waals surface area contributed by atoms with E-state index in [0.717, 1.165) is 24.2 Å². The Morgan fingerprint density at radius 1 is 0.921 bits per heavy atom. The largest absolute Gasteiger partial charge is 0.457 e. The smallest absolute Gasteiger partial charge is 0.255 e. The monoisotopic (exact) mass is 506 g/mol. The number of hydrogen-bond donors (Lipinski definition) is 2. The molecule has 0 spiro atoms. The number of benzene rings is 2. The fraction of sp³-hybridized carbons (Fsp3) is 0.179. The number of fused-ring (bicyclic) bond motifs is 1. The number of nitrogens with zero attached hydrogens (tertiary/aromatic N) is 6. The minimum Gasteiger partial charge on any atom is -0.457 e. The number of aromatic nitrogens is 5. The van der Waals surface area contributed by atoms with Gasteiger partial charge in [-0.25, -0.2) is 19.6 Å². The SMILES string of the molecule is Nc1ccc(C(=O)N2CCC[C@@H](n3nc(-c4ccc(Oc5ccccc5)cc4)c4c(N)ncnc43)C2)cn1. The minimum absolute atomic E-state index is 0.0688. The first-order chi connectivity index (χ1) is 18.6. The van der Waals surface area contributed by atoms with Crippen LogP contribution >= 0.6 is 0 Å². The fourth-order valence-electron chi connectivity index (χ4n) is 4.81. The van der Waals surface area contributed by atoms with E-state index in [1.165, 1.54) is 12.5 Å². The van der Waals surface area contributed by atoms with E-state index >= 15 is 0 Å². The molecule has 1 saturated heterocycles. The molecule has 1 amide bonds. The lowest BCUT2D eigenvalue weighted by Crippen LogP contribution is -2.41. The van der Waals surface area contributed by atoms with E-state index in [0.29, 0.717) is 52.8 Å². The van der Waals surface area contributed by atoms with Gasteiger partial charge in [0.2, 0.25) is 0 Å². The molecule has 190 valence electrons. The minimum atomic E-state index is -0.0815. The summed E-state index contributed by atoms with van der Waals surface area (Å²) in [6, 6.07) is 20.6. The van der Waals surface area contributed by atoms with Crippen molar-refractivity contribution in [2.75, 3.05) is 24.6 Å². The number of piperidine rings is 1. The highest BCUT2D eigenvalue weighted by Gasteiger charge is 2.29. The van der Waals surface area contributed by atoms with Crippen LogP contribution in [0.5, 0.6) is 11.5 Å². The summed E-state index contributed by atoms with van der Waals surface area (Å²) in [5, 5.41) is 5.65. The molecule has 0 bridgehead atoms. The zero-order valence-electron chi connectivity index (χ0n) is 20.6. The lowest BCUT2D eigenvalue weighted by Gasteiger charge is -2.33. The van der Waals surface area contributed by atoms with E-state index in [1.54, 1.807) is 12.1 Å². The quantitative estimate of drug-likeness (QED) is 0.359. The third kappa shape index (κ3) is 4.47. The summed E-state index contributed by atoms with van der Waals surface area (Å²) in [7, 11) is 0. The third-order valence-electron chi connectivity index (χ3n) is 6.69. The first-order valence-corrected chi connectivity index (χ1v) is 12.4. The Balaban J connectivity index is 1.31. The van der Waals surface area contributed by atoms with Gasteiger partial charge < -0.3 is 21.1 Å². The normalized spacial score (nSPS) is 15.5. The highest BCUT2D eigenvalue weighted by Crippen LogP contribution is 2.35. The van der Waals surface area contributed by atoms with Gasteiger partial charge in [-0.05, 0) is 61.4 Å². The number of ether oxygens (including phenoxy) is 1. The number of anilines is 2. The van der Waals surface area contributed by atoms with Gasteiger partial charge in [-0.1, -0.05) is 18.2 Å². The molecule has 6 rings (SSSR count). The number of nitrogen functional groups attached to an aromatic ring is 2. The highest BCUT2D eigenvalue weighted by molar-refractivity contribution is 5.98. The Hall–Kier alpha value is -4.99. The van der Waals surface area contributed by atoms with Crippen LogP contribution < -0.4 is 16.2 Å². The summed E-state index contributed by atoms with van der Waals surface area (Å²) in [4.78, 5) is 27.8. The van der Waals surface area contributed by atoms with Gasteiger partial charge in [0.05, 0.1) is 17.0 Å². The van der Waals surface area contributed by atoms with Crippen LogP contribution in [0, 0.1) is 0 Å². The maximum atomic E-state index is 13.2. The third-order valence-corrected chi connectivity index (χ3v) is 6.69. The van der Waals surface area contributed by atoms with Gasteiger partial charge in [0, 0.05) is 24.8 Å². The van der Waals surface area contributed by atoms with Crippen molar-refractivity contribution in [3.63, 3.8) is 0 Å². The summed E-state index contributed by atoms with van der Waals surface area (Å²) >= 11 is 0. The summed E-state index contributed by atoms with van der Waals surface area (Å²) < 4.78 is 7.82. The second kappa shape index (κ2) is 9.81. The molecule has 0 saturated carbocycles. The van der Waals surface area contributed by atoms with Crippen LogP contribution in [0.4, 0.5) is 11.6 Å². The molecule has 1 atom stereocenters. The Kier molecular flexibility index (Phi) is 6.04. The van der Waals surface area contributed by atoms with Gasteiger partial charge in [0.25, 0.3) is 5.91 Å². The Morgan fingerprint density at radius 3 is 2.47 bits per heavy atom. The van der Waals surface area contributed by atoms with Crippen LogP contribution in [0.2, 0.25) is 0 Å². The number of carbonyl (C=O) groups excluding carboxylic acids is 1. The first kappa shape index (κ1) is 23.4. The number of rotatable bonds is 5. The summed E-state index contributed by atoms with van der Waals surface area (Å²) in [5.41, 5.74) is 14.7. The zero-order chi connectivity index (χ0) is 26.1. The maximum absolute atomic E-state index is 13.2. The van der Waals surface area contributed by atoms with Crippen molar-refractivity contribution in [3.8, 4) is 22.8 Å². The number of likely N-dealkylation sites (tertiary alicyclic amines) is 1. The standard InChI is InChI=1S/C28H26N8O2/c29-23-13-10-19(15-31-23)28(37)35-14-4-5-20(16-35)36-27-24(26(30)32-17-33-27)25(34-36)18-8-11-22(12-9-18)38-21-6-2-1-3-7-21/h1-3,6-13,15,17,20H,4-5,14,16H2,(H2,29,31)(H2,30,32,33)/t20-/m1/s1. The molecule has 4 N–H and O–H groups in total. The van der Waals surface area contributed by atoms with Crippen molar-refractivity contribution in [3.05, 3.63) is 84.8 Å². The molecule has 1 aliphatic heterocycles. The Morgan fingerprint density at radius 2 is 1.71 bits per heavy atom. The van der Waals surface area contributed by atoms with Crippen LogP contribution in [0.15, 0.2) is 79.3 Å². The van der Waals surface area contributed by atoms with Crippen LogP contribution in [0.1, 0.15) is 29.2 Å². The number of amides is 1. The molecule has 4 heterocycles. The lowest BCUT2D eigenvalue weighted by molar-refractivity contribution is 0.0675. The molecule has 10 nitrogen and oxygen atoms in total. The molecule has 0 aliphatic carbocycles. The van der Waals surface area contributed by atoms with Crippen molar-refractivity contribution < 1.29 is 9.53 Å². The molecule has 0 unspecified atom stereocenters. The number of hydrogen-bond acceptors (Lipinski definition) is 8. The number of carbonyl (C=O) groups is 1. The zero-order valence-corrected chi connectivity index (χ0v) is 20.6. The lowest BCUT2D eigenvalue weighted by atomic mass is 10.0. The van der Waals surface area contributed by atoms with Crippen LogP contribution in [-0.2, 0) is 0 Å². The van der Waals surface area contributed by atoms with Crippen molar-refractivity contribution in [2.45, 2.75) is 18.9 Å². The van der Waals surface area contributed by atoms with Gasteiger partial charge in [0.15, 0.2) is 5.65 Å². The van der Waals surface area contributed by atoms with E-state index in [1.807, 2.05) is 64.2 Å². The van der Waals surface area contributed by atoms with Crippen molar-refractivity contribution >= 4 is 28.6 Å². The number of pyridine rings is 1. The Labute approximate surface area is 218 Å². The van der Waals surface area contributed by atoms with Gasteiger partial charge in [-0.3, -0.25) is 4.79 Å². The number of nitrogens with two attached hydrogens (primary N) is 2. The van der Waals surface area contributed by atoms with E-state index in [-0.39, 0.29) is 11.9 Å². The molecule has 38 heavy (non-hydrogen) atoms. The molecular weight excluding hydrogens is 480 g/mol. The average molecular weight is 507 g/mol. The highest BCUT2D eigenvalue weighted by atomic mass is 16.5. The van der Waals surface area contributed by atoms with E-state index in [4.69, 9.17) is 21.3 Å². The molecule has 0 radical (unpaired) electrons. The summed E-state index contributed by atoms with van der Waals surface area (Å²) in [6.45, 7) is 1.15. The molecule has 1 fully saturated rings. The fourth-order valence-corrected chi connectivity index (χ4v) is 4.81. The van der Waals surface area contributed by atoms with E-state index in [9.17, 15) is 4.79 Å². The van der Waals surface area contributed by atoms with Gasteiger partial charge in [-0.2, -0.15) is 5.10 Å². The van der Waals surface area contributed by atoms with Gasteiger partial charge >= 0.3 is 0 Å². The maximum Gasteiger partial charge on any atom is 0.255 e. The van der Waals surface area contributed by atoms with Crippen molar-refractivity contribution in [1.29, 1.82) is 0 Å². The Bertz CT molecular complexity index is 1580. The predicted molar refractivity (Wildman–Crippen MR) is 145 cm³/mol. The van der Waals surface area contributed by atoms with E-state index in [2.05, 4.69) is 15.0 Å². The molecular formula is C28H26N8O2. The topological polar surface area (TPSA) is 138 Å². The van der Waals surface area contributed by atoms with Crippen molar-refractivity contribution in [2.24, 2.45) is 0 Å². The van der Waals surface area contributed by atoms with Gasteiger partial charge in [-0.15, -0.1) is 0 Å². The second-order valence-electron chi connectivity index (χ2n) is 9.21. The molecule has 5 aromatic rings. The first-order valence-electron chi connectivity index (χ1n) is 12.4. The van der Waals surface area contributed by atoms with Crippen LogP contribution in [0.25, 0.3) is 22.3 Å². The predicted octanol–water partition coefficient (Wildman–Crippen LogP) is 4.32. The van der Waals surface area contributed by atoms with Gasteiger partial charge in [0.1, 0.15) is 35.2 Å². The second-order valence-corrected chi connectivity index (χ2v) is 9.21. The molecule has 1 aliphatic rings. The molecule has 2 aromatic carbocycles. The molecule has 3 aromatic heterocycles. The number of para-hydroxylation sites is 1. The van der Waals surface area contributed by atoms with Crippen LogP contribution in [-0.4, -0.2) is 48.6 Å². The summed E-state index contributed by atoms with van der Waals surface area (Å²) in [5.74, 6) is 2.13.